The highest BCUT2D eigenvalue weighted by Gasteiger charge is 2.20. The Bertz CT molecular complexity index is 202. The monoisotopic (exact) mass is 211 g/mol. The number of allylic oxidation sites excluding steroid dienone is 4. The summed E-state index contributed by atoms with van der Waals surface area (Å²) in [7, 11) is 2.80. The van der Waals surface area contributed by atoms with Crippen LogP contribution in [0, 0.1) is 11.8 Å². The Morgan fingerprint density at radius 2 is 1.93 bits per heavy atom. The van der Waals surface area contributed by atoms with E-state index in [0.717, 1.165) is 11.8 Å². The summed E-state index contributed by atoms with van der Waals surface area (Å²) in [5, 5.41) is 0. The van der Waals surface area contributed by atoms with Gasteiger partial charge in [-0.25, -0.2) is 0 Å². The lowest BCUT2D eigenvalue weighted by Gasteiger charge is -2.31. The third-order valence-electron chi connectivity index (χ3n) is 3.04. The number of piperidine rings is 1. The second kappa shape index (κ2) is 6.37. The van der Waals surface area contributed by atoms with Gasteiger partial charge in [-0.1, -0.05) is 40.6 Å². The fourth-order valence-electron chi connectivity index (χ4n) is 1.95. The molecule has 1 aliphatic heterocycles. The summed E-state index contributed by atoms with van der Waals surface area (Å²) in [5.41, 5.74) is 0. The van der Waals surface area contributed by atoms with Crippen LogP contribution in [0.4, 0.5) is 0 Å². The van der Waals surface area contributed by atoms with E-state index in [9.17, 15) is 0 Å². The molecule has 0 aromatic rings. The van der Waals surface area contributed by atoms with E-state index >= 15 is 0 Å². The Morgan fingerprint density at radius 3 is 2.50 bits per heavy atom. The molecule has 1 fully saturated rings. The van der Waals surface area contributed by atoms with Crippen molar-refractivity contribution in [3.8, 4) is 0 Å². The van der Waals surface area contributed by atoms with Crippen LogP contribution in [0.1, 0.15) is 26.7 Å². The minimum atomic E-state index is 0.727. The summed E-state index contributed by atoms with van der Waals surface area (Å²) < 4.78 is 2.35. The van der Waals surface area contributed by atoms with Crippen molar-refractivity contribution in [3.63, 3.8) is 0 Å². The van der Waals surface area contributed by atoms with Crippen LogP contribution in [-0.2, 0) is 0 Å². The van der Waals surface area contributed by atoms with Crippen molar-refractivity contribution in [1.82, 2.24) is 4.67 Å². The Hall–Kier alpha value is -0.130. The van der Waals surface area contributed by atoms with Crippen molar-refractivity contribution < 1.29 is 0 Å². The average Bonchev–Trinajstić information content (AvgIpc) is 2.19. The van der Waals surface area contributed by atoms with Gasteiger partial charge in [-0.2, -0.15) is 0 Å². The van der Waals surface area contributed by atoms with Gasteiger partial charge in [-0.15, -0.1) is 0 Å². The van der Waals surface area contributed by atoms with Crippen molar-refractivity contribution in [2.75, 3.05) is 13.1 Å². The van der Waals surface area contributed by atoms with Crippen LogP contribution in [0.2, 0.25) is 0 Å². The van der Waals surface area contributed by atoms with E-state index in [4.69, 9.17) is 0 Å². The maximum absolute atomic E-state index is 2.80. The minimum Gasteiger partial charge on any atom is -0.287 e. The smallest absolute Gasteiger partial charge is 0.00190 e. The molecule has 1 nitrogen and oxygen atoms in total. The molecule has 0 amide bonds. The molecule has 0 bridgehead atoms. The molecule has 0 N–H and O–H groups in total. The van der Waals surface area contributed by atoms with Crippen molar-refractivity contribution in [3.05, 3.63) is 24.3 Å². The molecule has 2 unspecified atom stereocenters. The topological polar surface area (TPSA) is 3.24 Å². The predicted octanol–water partition coefficient (Wildman–Crippen LogP) is 3.26. The van der Waals surface area contributed by atoms with Gasteiger partial charge in [-0.3, -0.25) is 4.67 Å². The first-order valence-electron chi connectivity index (χ1n) is 5.53. The maximum atomic E-state index is 2.80. The van der Waals surface area contributed by atoms with Crippen molar-refractivity contribution in [2.24, 2.45) is 11.8 Å². The standard InChI is InChI=1S/C12H22NP/c1-3-4-5-6-11(2)12-7-9-13(14)10-8-12/h3-6,11-12H,7-10,14H2,1-2H3/b4-3-,6-5-. The molecule has 0 spiro atoms. The van der Waals surface area contributed by atoms with E-state index in [0.29, 0.717) is 0 Å². The van der Waals surface area contributed by atoms with Crippen LogP contribution in [0.15, 0.2) is 24.3 Å². The zero-order valence-corrected chi connectivity index (χ0v) is 10.5. The second-order valence-corrected chi connectivity index (χ2v) is 4.87. The Labute approximate surface area is 90.5 Å². The lowest BCUT2D eigenvalue weighted by Crippen LogP contribution is -2.28. The van der Waals surface area contributed by atoms with E-state index in [1.54, 1.807) is 0 Å². The fraction of sp³-hybridized carbons (Fsp3) is 0.667. The van der Waals surface area contributed by atoms with Crippen LogP contribution < -0.4 is 0 Å². The zero-order valence-electron chi connectivity index (χ0n) is 9.32. The van der Waals surface area contributed by atoms with E-state index in [1.807, 2.05) is 0 Å². The molecule has 14 heavy (non-hydrogen) atoms. The molecule has 2 atom stereocenters. The van der Waals surface area contributed by atoms with Crippen LogP contribution in [0.5, 0.6) is 0 Å². The first-order valence-corrected chi connectivity index (χ1v) is 6.04. The molecule has 0 aromatic carbocycles. The summed E-state index contributed by atoms with van der Waals surface area (Å²) >= 11 is 0. The largest absolute Gasteiger partial charge is 0.287 e. The highest BCUT2D eigenvalue weighted by Crippen LogP contribution is 2.26. The number of hydrogen-bond acceptors (Lipinski definition) is 1. The highest BCUT2D eigenvalue weighted by atomic mass is 31.0. The van der Waals surface area contributed by atoms with Gasteiger partial charge in [0, 0.05) is 13.1 Å². The Balaban J connectivity index is 2.33. The quantitative estimate of drug-likeness (QED) is 0.511. The lowest BCUT2D eigenvalue weighted by atomic mass is 9.86. The number of rotatable bonds is 3. The molecule has 2 heteroatoms. The minimum absolute atomic E-state index is 0.727. The van der Waals surface area contributed by atoms with E-state index in [-0.39, 0.29) is 0 Å². The van der Waals surface area contributed by atoms with Gasteiger partial charge < -0.3 is 0 Å². The fourth-order valence-corrected chi connectivity index (χ4v) is 2.25. The van der Waals surface area contributed by atoms with Crippen molar-refractivity contribution in [1.29, 1.82) is 0 Å². The number of nitrogens with zero attached hydrogens (tertiary/aromatic N) is 1. The summed E-state index contributed by atoms with van der Waals surface area (Å²) in [4.78, 5) is 0. The molecule has 0 aromatic heterocycles. The summed E-state index contributed by atoms with van der Waals surface area (Å²) in [5.74, 6) is 1.61. The SMILES string of the molecule is C/C=C\C=C/C(C)C1CCN(P)CC1. The second-order valence-electron chi connectivity index (χ2n) is 4.14. The lowest BCUT2D eigenvalue weighted by molar-refractivity contribution is 0.251. The van der Waals surface area contributed by atoms with E-state index in [1.165, 1.54) is 25.9 Å². The van der Waals surface area contributed by atoms with E-state index < -0.39 is 0 Å². The van der Waals surface area contributed by atoms with E-state index in [2.05, 4.69) is 52.2 Å². The zero-order chi connectivity index (χ0) is 10.4. The third kappa shape index (κ3) is 3.94. The Morgan fingerprint density at radius 1 is 1.29 bits per heavy atom. The molecule has 0 aliphatic carbocycles. The highest BCUT2D eigenvalue weighted by molar-refractivity contribution is 7.13. The van der Waals surface area contributed by atoms with Crippen LogP contribution in [-0.4, -0.2) is 17.8 Å². The van der Waals surface area contributed by atoms with Gasteiger partial charge in [0.1, 0.15) is 0 Å². The molecule has 1 heterocycles. The molecule has 0 saturated carbocycles. The van der Waals surface area contributed by atoms with Gasteiger partial charge in [0.15, 0.2) is 0 Å². The van der Waals surface area contributed by atoms with Gasteiger partial charge in [0.05, 0.1) is 0 Å². The summed E-state index contributed by atoms with van der Waals surface area (Å²) in [6.07, 6.45) is 11.4. The van der Waals surface area contributed by atoms with Gasteiger partial charge in [0.2, 0.25) is 0 Å². The summed E-state index contributed by atoms with van der Waals surface area (Å²) in [6, 6.07) is 0. The van der Waals surface area contributed by atoms with Gasteiger partial charge >= 0.3 is 0 Å². The van der Waals surface area contributed by atoms with Crippen LogP contribution in [0.25, 0.3) is 0 Å². The molecule has 1 saturated heterocycles. The number of hydrogen-bond donors (Lipinski definition) is 0. The first-order chi connectivity index (χ1) is 6.74. The molecule has 1 aliphatic rings. The normalized spacial score (nSPS) is 23.6. The first kappa shape index (κ1) is 11.9. The van der Waals surface area contributed by atoms with Crippen molar-refractivity contribution in [2.45, 2.75) is 26.7 Å². The molecular weight excluding hydrogens is 189 g/mol. The third-order valence-corrected chi connectivity index (χ3v) is 3.55. The van der Waals surface area contributed by atoms with Crippen LogP contribution >= 0.6 is 9.39 Å². The molecule has 80 valence electrons. The van der Waals surface area contributed by atoms with Gasteiger partial charge in [0.25, 0.3) is 0 Å². The predicted molar refractivity (Wildman–Crippen MR) is 67.1 cm³/mol. The van der Waals surface area contributed by atoms with Crippen LogP contribution in [0.3, 0.4) is 0 Å². The summed E-state index contributed by atoms with van der Waals surface area (Å²) in [6.45, 7) is 6.86. The molecular formula is C12H22NP. The maximum Gasteiger partial charge on any atom is 0.00190 e. The average molecular weight is 211 g/mol. The molecule has 1 rings (SSSR count). The van der Waals surface area contributed by atoms with Crippen molar-refractivity contribution >= 4 is 9.39 Å². The molecule has 0 radical (unpaired) electrons. The van der Waals surface area contributed by atoms with Gasteiger partial charge in [-0.05, 0) is 31.6 Å². The Kier molecular flexibility index (Phi) is 5.44.